The highest BCUT2D eigenvalue weighted by atomic mass is 19.1. The van der Waals surface area contributed by atoms with Crippen LogP contribution in [0.5, 0.6) is 5.75 Å². The molecular weight excluding hydrogens is 421 g/mol. The van der Waals surface area contributed by atoms with E-state index in [1.807, 2.05) is 6.07 Å². The Morgan fingerprint density at radius 1 is 1.27 bits per heavy atom. The van der Waals surface area contributed by atoms with E-state index >= 15 is 0 Å². The Hall–Kier alpha value is -3.49. The van der Waals surface area contributed by atoms with E-state index in [0.29, 0.717) is 22.6 Å². The van der Waals surface area contributed by atoms with Gasteiger partial charge < -0.3 is 21.5 Å². The molecule has 3 aromatic rings. The Balaban J connectivity index is 1.44. The van der Waals surface area contributed by atoms with Crippen LogP contribution in [0.4, 0.5) is 27.3 Å². The van der Waals surface area contributed by atoms with Gasteiger partial charge in [0.05, 0.1) is 16.9 Å². The summed E-state index contributed by atoms with van der Waals surface area (Å²) in [5.41, 5.74) is 10.2. The van der Waals surface area contributed by atoms with Crippen LogP contribution in [0.3, 0.4) is 0 Å². The maximum atomic E-state index is 14.5. The van der Waals surface area contributed by atoms with Crippen molar-refractivity contribution in [1.29, 1.82) is 0 Å². The zero-order valence-corrected chi connectivity index (χ0v) is 18.4. The van der Waals surface area contributed by atoms with Gasteiger partial charge in [-0.25, -0.2) is 9.37 Å². The summed E-state index contributed by atoms with van der Waals surface area (Å²) in [6.07, 6.45) is 2.76. The molecule has 1 atom stereocenters. The van der Waals surface area contributed by atoms with E-state index < -0.39 is 5.82 Å². The van der Waals surface area contributed by atoms with Crippen molar-refractivity contribution >= 4 is 28.7 Å². The fraction of sp³-hybridized carbons (Fsp3) is 0.280. The largest absolute Gasteiger partial charge is 0.508 e. The monoisotopic (exact) mass is 447 g/mol. The molecule has 1 fully saturated rings. The second-order valence-corrected chi connectivity index (χ2v) is 8.83. The SMILES string of the molecule is Cc1cc(F)c(Nc2ccnc3c2C(=O)Cc2cc(CN4CC[C@@H](N)C4)ccc2N3)cc1O. The van der Waals surface area contributed by atoms with E-state index in [2.05, 4.69) is 32.7 Å². The molecule has 0 unspecified atom stereocenters. The molecule has 2 aliphatic heterocycles. The average Bonchev–Trinajstić information content (AvgIpc) is 3.11. The maximum Gasteiger partial charge on any atom is 0.173 e. The molecule has 0 aliphatic carbocycles. The van der Waals surface area contributed by atoms with Gasteiger partial charge in [0.25, 0.3) is 0 Å². The molecule has 8 heteroatoms. The van der Waals surface area contributed by atoms with E-state index in [-0.39, 0.29) is 29.7 Å². The molecule has 7 nitrogen and oxygen atoms in total. The lowest BCUT2D eigenvalue weighted by Crippen LogP contribution is -2.26. The maximum absolute atomic E-state index is 14.5. The molecule has 0 spiro atoms. The topological polar surface area (TPSA) is 104 Å². The first-order chi connectivity index (χ1) is 15.9. The van der Waals surface area contributed by atoms with Gasteiger partial charge in [-0.3, -0.25) is 9.69 Å². The number of likely N-dealkylation sites (tertiary alicyclic amines) is 1. The Morgan fingerprint density at radius 3 is 2.91 bits per heavy atom. The molecular formula is C25H26FN5O2. The van der Waals surface area contributed by atoms with E-state index in [1.165, 1.54) is 12.1 Å². The van der Waals surface area contributed by atoms with Crippen LogP contribution in [-0.4, -0.2) is 39.9 Å². The number of nitrogens with zero attached hydrogens (tertiary/aromatic N) is 2. The van der Waals surface area contributed by atoms with Gasteiger partial charge in [0.1, 0.15) is 17.4 Å². The molecule has 5 N–H and O–H groups in total. The third-order valence-corrected chi connectivity index (χ3v) is 6.27. The number of aromatic nitrogens is 1. The summed E-state index contributed by atoms with van der Waals surface area (Å²) in [6.45, 7) is 4.27. The number of aryl methyl sites for hydroxylation is 1. The standard InChI is InChI=1S/C25H26FN5O2/c1-14-8-18(26)21(11-22(14)32)29-20-4-6-28-25-24(20)23(33)10-16-9-15(2-3-19(16)30-25)12-31-7-5-17(27)13-31/h2-4,6,8-9,11,17,32H,5,7,10,12-13,27H2,1H3,(H2,28,29,30)/t17-/m1/s1. The van der Waals surface area contributed by atoms with E-state index in [1.54, 1.807) is 19.2 Å². The van der Waals surface area contributed by atoms with Gasteiger partial charge in [-0.05, 0) is 48.2 Å². The van der Waals surface area contributed by atoms with Crippen molar-refractivity contribution in [2.24, 2.45) is 5.73 Å². The molecule has 0 radical (unpaired) electrons. The Morgan fingerprint density at radius 2 is 2.12 bits per heavy atom. The number of halogens is 1. The second-order valence-electron chi connectivity index (χ2n) is 8.83. The zero-order chi connectivity index (χ0) is 23.1. The van der Waals surface area contributed by atoms with Crippen LogP contribution in [0, 0.1) is 12.7 Å². The number of Topliss-reactive ketones (excluding diaryl/α,β-unsaturated/α-hetero) is 1. The van der Waals surface area contributed by atoms with Crippen LogP contribution in [-0.2, 0) is 13.0 Å². The number of anilines is 4. The van der Waals surface area contributed by atoms with E-state index in [0.717, 1.165) is 42.9 Å². The number of pyridine rings is 1. The molecule has 0 bridgehead atoms. The average molecular weight is 448 g/mol. The highest BCUT2D eigenvalue weighted by Crippen LogP contribution is 2.35. The summed E-state index contributed by atoms with van der Waals surface area (Å²) in [6, 6.07) is 10.5. The zero-order valence-electron chi connectivity index (χ0n) is 18.4. The lowest BCUT2D eigenvalue weighted by Gasteiger charge is -2.17. The highest BCUT2D eigenvalue weighted by Gasteiger charge is 2.25. The minimum Gasteiger partial charge on any atom is -0.508 e. The summed E-state index contributed by atoms with van der Waals surface area (Å²) < 4.78 is 14.5. The quantitative estimate of drug-likeness (QED) is 0.479. The Kier molecular flexibility index (Phi) is 5.47. The summed E-state index contributed by atoms with van der Waals surface area (Å²) in [5.74, 6) is -0.246. The normalized spacial score (nSPS) is 17.8. The first-order valence-electron chi connectivity index (χ1n) is 11.0. The number of aromatic hydroxyl groups is 1. The second kappa shape index (κ2) is 8.46. The number of rotatable bonds is 4. The van der Waals surface area contributed by atoms with Crippen LogP contribution in [0.15, 0.2) is 42.6 Å². The predicted octanol–water partition coefficient (Wildman–Crippen LogP) is 3.99. The number of phenols is 1. The van der Waals surface area contributed by atoms with Crippen molar-refractivity contribution in [3.8, 4) is 5.75 Å². The number of hydrogen-bond acceptors (Lipinski definition) is 7. The van der Waals surface area contributed by atoms with Crippen LogP contribution < -0.4 is 16.4 Å². The Labute approximate surface area is 191 Å². The lowest BCUT2D eigenvalue weighted by atomic mass is 10.0. The first kappa shape index (κ1) is 21.4. The molecule has 1 aromatic heterocycles. The summed E-state index contributed by atoms with van der Waals surface area (Å²) in [5, 5.41) is 16.2. The van der Waals surface area contributed by atoms with Crippen molar-refractivity contribution in [1.82, 2.24) is 9.88 Å². The molecule has 170 valence electrons. The van der Waals surface area contributed by atoms with Crippen LogP contribution in [0.2, 0.25) is 0 Å². The van der Waals surface area contributed by atoms with E-state index in [4.69, 9.17) is 5.73 Å². The van der Waals surface area contributed by atoms with Crippen LogP contribution in [0.1, 0.15) is 33.5 Å². The number of nitrogens with one attached hydrogen (secondary N) is 2. The van der Waals surface area contributed by atoms with Gasteiger partial charge in [-0.2, -0.15) is 0 Å². The Bertz CT molecular complexity index is 1250. The van der Waals surface area contributed by atoms with Crippen molar-refractivity contribution in [2.75, 3.05) is 23.7 Å². The fourth-order valence-corrected chi connectivity index (χ4v) is 4.51. The number of hydrogen-bond donors (Lipinski definition) is 4. The van der Waals surface area contributed by atoms with Crippen molar-refractivity contribution in [3.05, 3.63) is 70.7 Å². The molecule has 2 aliphatic rings. The van der Waals surface area contributed by atoms with Crippen molar-refractivity contribution < 1.29 is 14.3 Å². The smallest absolute Gasteiger partial charge is 0.173 e. The van der Waals surface area contributed by atoms with Crippen LogP contribution in [0.25, 0.3) is 0 Å². The molecule has 2 aromatic carbocycles. The lowest BCUT2D eigenvalue weighted by molar-refractivity contribution is 0.0995. The predicted molar refractivity (Wildman–Crippen MR) is 126 cm³/mol. The van der Waals surface area contributed by atoms with Gasteiger partial charge in [-0.15, -0.1) is 0 Å². The third-order valence-electron chi connectivity index (χ3n) is 6.27. The summed E-state index contributed by atoms with van der Waals surface area (Å²) >= 11 is 0. The van der Waals surface area contributed by atoms with Gasteiger partial charge in [0.15, 0.2) is 5.78 Å². The van der Waals surface area contributed by atoms with Gasteiger partial charge in [-0.1, -0.05) is 12.1 Å². The number of nitrogens with two attached hydrogens (primary N) is 1. The minimum atomic E-state index is -0.514. The number of carbonyl (C=O) groups excluding carboxylic acids is 1. The number of benzene rings is 2. The molecule has 5 rings (SSSR count). The summed E-state index contributed by atoms with van der Waals surface area (Å²) in [4.78, 5) is 20.0. The molecule has 0 amide bonds. The number of phenolic OH excluding ortho intramolecular Hbond substituents is 1. The van der Waals surface area contributed by atoms with E-state index in [9.17, 15) is 14.3 Å². The number of carbonyl (C=O) groups is 1. The molecule has 0 saturated carbocycles. The molecule has 33 heavy (non-hydrogen) atoms. The number of fused-ring (bicyclic) bond motifs is 2. The van der Waals surface area contributed by atoms with Gasteiger partial charge in [0.2, 0.25) is 0 Å². The fourth-order valence-electron chi connectivity index (χ4n) is 4.51. The molecule has 3 heterocycles. The van der Waals surface area contributed by atoms with Gasteiger partial charge in [0, 0.05) is 50.0 Å². The summed E-state index contributed by atoms with van der Waals surface area (Å²) in [7, 11) is 0. The number of ketones is 1. The van der Waals surface area contributed by atoms with Crippen LogP contribution >= 0.6 is 0 Å². The first-order valence-corrected chi connectivity index (χ1v) is 11.0. The minimum absolute atomic E-state index is 0.0256. The molecule has 1 saturated heterocycles. The highest BCUT2D eigenvalue weighted by molar-refractivity contribution is 6.09. The third kappa shape index (κ3) is 4.27. The van der Waals surface area contributed by atoms with Gasteiger partial charge >= 0.3 is 0 Å². The van der Waals surface area contributed by atoms with Crippen molar-refractivity contribution in [3.63, 3.8) is 0 Å². The van der Waals surface area contributed by atoms with Crippen molar-refractivity contribution in [2.45, 2.75) is 32.4 Å².